The van der Waals surface area contributed by atoms with Gasteiger partial charge in [-0.3, -0.25) is 4.79 Å². The largest absolute Gasteiger partial charge is 0.493 e. The van der Waals surface area contributed by atoms with Gasteiger partial charge in [0.05, 0.1) is 17.8 Å². The number of fused-ring (bicyclic) bond motifs is 1. The van der Waals surface area contributed by atoms with Crippen LogP contribution in [0.3, 0.4) is 0 Å². The van der Waals surface area contributed by atoms with Crippen LogP contribution < -0.4 is 4.74 Å². The van der Waals surface area contributed by atoms with E-state index in [1.54, 1.807) is 13.3 Å². The molecule has 0 bridgehead atoms. The number of aromatic nitrogens is 2. The Morgan fingerprint density at radius 2 is 1.77 bits per heavy atom. The molecule has 0 radical (unpaired) electrons. The van der Waals surface area contributed by atoms with Gasteiger partial charge in [0.2, 0.25) is 5.91 Å². The van der Waals surface area contributed by atoms with Crippen LogP contribution in [0.1, 0.15) is 44.2 Å². The zero-order chi connectivity index (χ0) is 21.1. The minimum atomic E-state index is -0.852. The predicted octanol–water partition coefficient (Wildman–Crippen LogP) is 3.12. The van der Waals surface area contributed by atoms with Crippen molar-refractivity contribution in [1.29, 1.82) is 0 Å². The molecule has 0 atom stereocenters. The molecule has 0 unspecified atom stereocenters. The first kappa shape index (κ1) is 20.4. The van der Waals surface area contributed by atoms with E-state index in [1.807, 2.05) is 23.1 Å². The van der Waals surface area contributed by atoms with E-state index in [-0.39, 0.29) is 11.8 Å². The number of rotatable bonds is 4. The molecule has 8 nitrogen and oxygen atoms in total. The zero-order valence-corrected chi connectivity index (χ0v) is 17.3. The zero-order valence-electron chi connectivity index (χ0n) is 17.3. The summed E-state index contributed by atoms with van der Waals surface area (Å²) < 4.78 is 6.04. The van der Waals surface area contributed by atoms with Crippen molar-refractivity contribution in [3.8, 4) is 5.75 Å². The van der Waals surface area contributed by atoms with Gasteiger partial charge in [-0.25, -0.2) is 14.8 Å². The maximum absolute atomic E-state index is 11.5. The fraction of sp³-hybridized carbons (Fsp3) is 0.545. The summed E-state index contributed by atoms with van der Waals surface area (Å²) in [4.78, 5) is 34.9. The number of carbonyl (C=O) groups excluding carboxylic acids is 1. The van der Waals surface area contributed by atoms with Crippen molar-refractivity contribution in [1.82, 2.24) is 19.8 Å². The van der Waals surface area contributed by atoms with E-state index < -0.39 is 6.09 Å². The van der Waals surface area contributed by atoms with E-state index in [0.717, 1.165) is 61.1 Å². The van der Waals surface area contributed by atoms with Gasteiger partial charge in [-0.2, -0.15) is 0 Å². The summed E-state index contributed by atoms with van der Waals surface area (Å²) in [5.74, 6) is 1.64. The molecular formula is C22H28N4O4. The molecule has 2 fully saturated rings. The quantitative estimate of drug-likeness (QED) is 0.829. The average Bonchev–Trinajstić information content (AvgIpc) is 2.77. The van der Waals surface area contributed by atoms with Gasteiger partial charge in [0, 0.05) is 50.5 Å². The van der Waals surface area contributed by atoms with Crippen LogP contribution in [0.25, 0.3) is 10.9 Å². The highest BCUT2D eigenvalue weighted by Crippen LogP contribution is 2.32. The Morgan fingerprint density at radius 3 is 2.43 bits per heavy atom. The van der Waals surface area contributed by atoms with Crippen molar-refractivity contribution in [3.63, 3.8) is 0 Å². The lowest BCUT2D eigenvalue weighted by Gasteiger charge is -2.31. The maximum Gasteiger partial charge on any atom is 0.407 e. The monoisotopic (exact) mass is 412 g/mol. The molecule has 2 aliphatic rings. The molecule has 1 aromatic heterocycles. The van der Waals surface area contributed by atoms with Crippen LogP contribution >= 0.6 is 0 Å². The number of nitrogens with zero attached hydrogens (tertiary/aromatic N) is 4. The number of likely N-dealkylation sites (tertiary alicyclic amines) is 2. The normalized spacial score (nSPS) is 18.6. The molecule has 2 saturated heterocycles. The summed E-state index contributed by atoms with van der Waals surface area (Å²) in [5.41, 5.74) is 1.85. The minimum absolute atomic E-state index is 0.146. The van der Waals surface area contributed by atoms with E-state index in [1.165, 1.54) is 4.90 Å². The second-order valence-corrected chi connectivity index (χ2v) is 8.24. The van der Waals surface area contributed by atoms with E-state index in [9.17, 15) is 9.59 Å². The molecule has 3 heterocycles. The van der Waals surface area contributed by atoms with Crippen molar-refractivity contribution in [2.45, 2.75) is 38.5 Å². The topological polar surface area (TPSA) is 95.9 Å². The van der Waals surface area contributed by atoms with Crippen molar-refractivity contribution in [3.05, 3.63) is 30.2 Å². The molecule has 0 saturated carbocycles. The molecule has 1 aromatic carbocycles. The molecule has 8 heteroatoms. The van der Waals surface area contributed by atoms with Gasteiger partial charge in [-0.15, -0.1) is 0 Å². The lowest BCUT2D eigenvalue weighted by molar-refractivity contribution is -0.130. The van der Waals surface area contributed by atoms with Gasteiger partial charge in [0.1, 0.15) is 12.1 Å². The number of carbonyl (C=O) groups is 2. The third kappa shape index (κ3) is 4.47. The third-order valence-corrected chi connectivity index (χ3v) is 6.34. The number of benzene rings is 1. The van der Waals surface area contributed by atoms with E-state index in [2.05, 4.69) is 9.97 Å². The van der Waals surface area contributed by atoms with E-state index in [0.29, 0.717) is 25.6 Å². The first-order valence-electron chi connectivity index (χ1n) is 10.6. The van der Waals surface area contributed by atoms with Gasteiger partial charge in [-0.05, 0) is 43.7 Å². The molecule has 2 amide bonds. The van der Waals surface area contributed by atoms with Gasteiger partial charge < -0.3 is 19.6 Å². The summed E-state index contributed by atoms with van der Waals surface area (Å²) in [7, 11) is 0. The second-order valence-electron chi connectivity index (χ2n) is 8.24. The highest BCUT2D eigenvalue weighted by Gasteiger charge is 2.26. The lowest BCUT2D eigenvalue weighted by atomic mass is 9.91. The average molecular weight is 412 g/mol. The third-order valence-electron chi connectivity index (χ3n) is 6.34. The standard InChI is InChI=1S/C22H28N4O4/c1-15(27)25-8-4-16(5-9-25)13-30-18-2-3-19-20(12-18)23-14-24-21(19)17-6-10-26(11-7-17)22(28)29/h2-3,12,14,16-17H,4-11,13H2,1H3,(H,28,29). The highest BCUT2D eigenvalue weighted by molar-refractivity contribution is 5.82. The van der Waals surface area contributed by atoms with Gasteiger partial charge in [0.15, 0.2) is 0 Å². The fourth-order valence-electron chi connectivity index (χ4n) is 4.45. The Morgan fingerprint density at radius 1 is 1.07 bits per heavy atom. The lowest BCUT2D eigenvalue weighted by Crippen LogP contribution is -2.38. The Kier molecular flexibility index (Phi) is 6.01. The summed E-state index contributed by atoms with van der Waals surface area (Å²) in [6.45, 7) is 4.95. The maximum atomic E-state index is 11.5. The SMILES string of the molecule is CC(=O)N1CCC(COc2ccc3c(C4CCN(C(=O)O)CC4)ncnc3c2)CC1. The van der Waals surface area contributed by atoms with Crippen molar-refractivity contribution < 1.29 is 19.4 Å². The van der Waals surface area contributed by atoms with Crippen molar-refractivity contribution >= 4 is 22.9 Å². The molecule has 0 spiro atoms. The Hall–Kier alpha value is -2.90. The first-order valence-corrected chi connectivity index (χ1v) is 10.6. The smallest absolute Gasteiger partial charge is 0.407 e. The van der Waals surface area contributed by atoms with E-state index in [4.69, 9.17) is 9.84 Å². The second kappa shape index (κ2) is 8.85. The van der Waals surface area contributed by atoms with Crippen LogP contribution in [0, 0.1) is 5.92 Å². The molecule has 30 heavy (non-hydrogen) atoms. The van der Waals surface area contributed by atoms with Crippen molar-refractivity contribution in [2.75, 3.05) is 32.8 Å². The van der Waals surface area contributed by atoms with Crippen LogP contribution in [0.2, 0.25) is 0 Å². The molecule has 1 N–H and O–H groups in total. The molecule has 0 aliphatic carbocycles. The Labute approximate surface area is 175 Å². The summed E-state index contributed by atoms with van der Waals surface area (Å²) in [6.07, 6.45) is 4.21. The Balaban J connectivity index is 1.39. The van der Waals surface area contributed by atoms with Crippen LogP contribution in [0.5, 0.6) is 5.75 Å². The molecule has 2 aromatic rings. The number of hydrogen-bond acceptors (Lipinski definition) is 5. The van der Waals surface area contributed by atoms with Gasteiger partial charge in [0.25, 0.3) is 0 Å². The fourth-order valence-corrected chi connectivity index (χ4v) is 4.45. The summed E-state index contributed by atoms with van der Waals surface area (Å²) >= 11 is 0. The molecular weight excluding hydrogens is 384 g/mol. The summed E-state index contributed by atoms with van der Waals surface area (Å²) in [6, 6.07) is 5.94. The molecule has 160 valence electrons. The number of piperidine rings is 2. The number of ether oxygens (including phenoxy) is 1. The van der Waals surface area contributed by atoms with Crippen LogP contribution in [-0.2, 0) is 4.79 Å². The van der Waals surface area contributed by atoms with Gasteiger partial charge in [-0.1, -0.05) is 0 Å². The highest BCUT2D eigenvalue weighted by atomic mass is 16.5. The number of amides is 2. The predicted molar refractivity (Wildman–Crippen MR) is 112 cm³/mol. The Bertz CT molecular complexity index is 918. The number of carboxylic acid groups (broad SMARTS) is 1. The minimum Gasteiger partial charge on any atom is -0.493 e. The summed E-state index contributed by atoms with van der Waals surface area (Å²) in [5, 5.41) is 10.2. The number of hydrogen-bond donors (Lipinski definition) is 1. The first-order chi connectivity index (χ1) is 14.5. The van der Waals surface area contributed by atoms with E-state index >= 15 is 0 Å². The molecule has 4 rings (SSSR count). The molecule has 2 aliphatic heterocycles. The van der Waals surface area contributed by atoms with Gasteiger partial charge >= 0.3 is 6.09 Å². The van der Waals surface area contributed by atoms with Crippen molar-refractivity contribution in [2.24, 2.45) is 5.92 Å². The van der Waals surface area contributed by atoms with Crippen LogP contribution in [-0.4, -0.2) is 69.7 Å². The van der Waals surface area contributed by atoms with Crippen LogP contribution in [0.4, 0.5) is 4.79 Å². The van der Waals surface area contributed by atoms with Crippen LogP contribution in [0.15, 0.2) is 24.5 Å².